The molecule has 2 aromatic rings. The summed E-state index contributed by atoms with van der Waals surface area (Å²) in [4.78, 5) is 26.3. The number of allylic oxidation sites excluding steroid dienone is 1. The number of methoxy groups -OCH3 is 1. The number of benzene rings is 1. The highest BCUT2D eigenvalue weighted by Crippen LogP contribution is 2.31. The Morgan fingerprint density at radius 1 is 1.11 bits per heavy atom. The lowest BCUT2D eigenvalue weighted by Gasteiger charge is -2.28. The topological polar surface area (TPSA) is 103 Å². The van der Waals surface area contributed by atoms with E-state index >= 15 is 0 Å². The highest BCUT2D eigenvalue weighted by molar-refractivity contribution is 6.01. The number of aromatic nitrogens is 1. The van der Waals surface area contributed by atoms with Crippen LogP contribution in [0.25, 0.3) is 0 Å². The number of piperidine rings is 1. The van der Waals surface area contributed by atoms with Crippen LogP contribution in [0.15, 0.2) is 70.4 Å². The van der Waals surface area contributed by atoms with Gasteiger partial charge in [0.05, 0.1) is 24.1 Å². The van der Waals surface area contributed by atoms with E-state index in [4.69, 9.17) is 4.74 Å². The van der Waals surface area contributed by atoms with Gasteiger partial charge in [0, 0.05) is 30.9 Å². The van der Waals surface area contributed by atoms with Crippen LogP contribution in [-0.4, -0.2) is 49.9 Å². The number of alkyl halides is 3. The first-order chi connectivity index (χ1) is 18.1. The summed E-state index contributed by atoms with van der Waals surface area (Å²) in [7, 11) is 1.48. The number of rotatable bonds is 8. The van der Waals surface area contributed by atoms with Crippen molar-refractivity contribution in [2.75, 3.05) is 41.0 Å². The minimum Gasteiger partial charge on any atom is -0.481 e. The first-order valence-electron chi connectivity index (χ1n) is 11.9. The Bertz CT molecular complexity index is 1240. The molecule has 2 heterocycles. The third-order valence-corrected chi connectivity index (χ3v) is 5.70. The molecule has 0 atom stereocenters. The van der Waals surface area contributed by atoms with Gasteiger partial charge in [0.15, 0.2) is 0 Å². The molecule has 0 unspecified atom stereocenters. The third kappa shape index (κ3) is 7.58. The van der Waals surface area contributed by atoms with Crippen LogP contribution in [0.4, 0.5) is 36.1 Å². The lowest BCUT2D eigenvalue weighted by atomic mass is 10.1. The summed E-state index contributed by atoms with van der Waals surface area (Å²) in [6, 6.07) is 9.60. The van der Waals surface area contributed by atoms with Crippen LogP contribution in [0.2, 0.25) is 0 Å². The van der Waals surface area contributed by atoms with Crippen molar-refractivity contribution in [2.45, 2.75) is 32.4 Å². The second kappa shape index (κ2) is 12.7. The molecule has 0 aliphatic carbocycles. The van der Waals surface area contributed by atoms with Gasteiger partial charge in [0.25, 0.3) is 0 Å². The van der Waals surface area contributed by atoms with Gasteiger partial charge in [-0.3, -0.25) is 4.79 Å². The Balaban J connectivity index is 1.98. The number of amides is 1. The average molecular weight is 530 g/mol. The lowest BCUT2D eigenvalue weighted by molar-refractivity contribution is -0.111. The molecule has 3 N–H and O–H groups in total. The molecular weight excluding hydrogens is 499 g/mol. The third-order valence-electron chi connectivity index (χ3n) is 5.70. The highest BCUT2D eigenvalue weighted by atomic mass is 19.4. The number of nitrogens with one attached hydrogen (secondary N) is 3. The molecule has 3 rings (SSSR count). The van der Waals surface area contributed by atoms with E-state index in [1.807, 2.05) is 0 Å². The predicted octanol–water partition coefficient (Wildman–Crippen LogP) is 5.58. The van der Waals surface area contributed by atoms with Crippen LogP contribution >= 0.6 is 0 Å². The normalized spacial score (nSPS) is 14.8. The molecule has 0 saturated carbocycles. The number of anilines is 4. The Labute approximate surface area is 219 Å². The maximum absolute atomic E-state index is 13.8. The molecule has 1 fully saturated rings. The smallest absolute Gasteiger partial charge is 0.415 e. The quantitative estimate of drug-likeness (QED) is 0.234. The fraction of sp³-hybridized carbons (Fsp3) is 0.308. The number of guanidine groups is 1. The van der Waals surface area contributed by atoms with Crippen LogP contribution in [0.3, 0.4) is 0 Å². The maximum Gasteiger partial charge on any atom is 0.415 e. The average Bonchev–Trinajstić information content (AvgIpc) is 2.92. The molecule has 9 nitrogen and oxygen atoms in total. The first kappa shape index (κ1) is 28.2. The molecule has 1 aromatic carbocycles. The van der Waals surface area contributed by atoms with Crippen molar-refractivity contribution in [2.24, 2.45) is 9.98 Å². The number of halogens is 3. The molecule has 0 spiro atoms. The standard InChI is InChI=1S/C26H30F3N7O2/c1-5-22(37)32-19-11-7-8-12-20(19)33-24(17(2)26(27,28)29)35-25(30-3)31-18-15-21(34-23(16-18)38-4)36-13-9-6-10-14-36/h5,7-8,11-12,15-16,33H,1,3,6,9-10,13-14H2,2,4H3,(H,32,37)(H,31,34,35)/b24-17+. The van der Waals surface area contributed by atoms with Crippen molar-refractivity contribution in [1.82, 2.24) is 4.98 Å². The summed E-state index contributed by atoms with van der Waals surface area (Å²) in [5, 5.41) is 8.13. The SMILES string of the molecule is C=CC(=O)Nc1ccccc1NC(/N=C(\N=C)Nc1cc(OC)nc(N2CCCCC2)c1)=C(/C)C(F)(F)F. The van der Waals surface area contributed by atoms with Gasteiger partial charge < -0.3 is 25.6 Å². The Morgan fingerprint density at radius 2 is 1.76 bits per heavy atom. The largest absolute Gasteiger partial charge is 0.481 e. The van der Waals surface area contributed by atoms with Crippen LogP contribution in [0.5, 0.6) is 5.88 Å². The fourth-order valence-corrected chi connectivity index (χ4v) is 3.64. The van der Waals surface area contributed by atoms with Crippen molar-refractivity contribution in [3.8, 4) is 5.88 Å². The summed E-state index contributed by atoms with van der Waals surface area (Å²) in [6.45, 7) is 9.42. The van der Waals surface area contributed by atoms with Gasteiger partial charge in [-0.25, -0.2) is 4.99 Å². The van der Waals surface area contributed by atoms with Gasteiger partial charge in [0.2, 0.25) is 17.7 Å². The number of carbonyl (C=O) groups excluding carboxylic acids is 1. The number of aliphatic imine (C=N–C) groups is 2. The van der Waals surface area contributed by atoms with Gasteiger partial charge in [-0.15, -0.1) is 0 Å². The number of hydrogen-bond donors (Lipinski definition) is 3. The van der Waals surface area contributed by atoms with E-state index in [9.17, 15) is 18.0 Å². The van der Waals surface area contributed by atoms with Crippen molar-refractivity contribution in [3.05, 3.63) is 60.4 Å². The summed E-state index contributed by atoms with van der Waals surface area (Å²) in [5.74, 6) is -0.257. The van der Waals surface area contributed by atoms with E-state index < -0.39 is 23.5 Å². The number of carbonyl (C=O) groups is 1. The van der Waals surface area contributed by atoms with Crippen molar-refractivity contribution in [3.63, 3.8) is 0 Å². The van der Waals surface area contributed by atoms with Gasteiger partial charge in [-0.1, -0.05) is 18.7 Å². The van der Waals surface area contributed by atoms with Gasteiger partial charge >= 0.3 is 6.18 Å². The molecule has 1 aliphatic rings. The first-order valence-corrected chi connectivity index (χ1v) is 11.9. The number of hydrogen-bond acceptors (Lipinski definition) is 6. The molecule has 1 aliphatic heterocycles. The summed E-state index contributed by atoms with van der Waals surface area (Å²) < 4.78 is 46.6. The van der Waals surface area contributed by atoms with Crippen LogP contribution in [0, 0.1) is 0 Å². The molecule has 0 radical (unpaired) electrons. The van der Waals surface area contributed by atoms with Crippen LogP contribution < -0.4 is 25.6 Å². The minimum atomic E-state index is -4.70. The zero-order valence-electron chi connectivity index (χ0n) is 21.2. The number of ether oxygens (including phenoxy) is 1. The summed E-state index contributed by atoms with van der Waals surface area (Å²) in [5.41, 5.74) is -0.115. The molecule has 1 amide bonds. The van der Waals surface area contributed by atoms with Gasteiger partial charge in [-0.2, -0.15) is 23.1 Å². The minimum absolute atomic E-state index is 0.187. The van der Waals surface area contributed by atoms with E-state index in [0.717, 1.165) is 45.4 Å². The van der Waals surface area contributed by atoms with Crippen LogP contribution in [-0.2, 0) is 4.79 Å². The number of para-hydroxylation sites is 2. The molecule has 0 bridgehead atoms. The molecule has 1 saturated heterocycles. The molecular formula is C26H30F3N7O2. The van der Waals surface area contributed by atoms with Gasteiger partial charge in [-0.05, 0) is 51.1 Å². The zero-order valence-corrected chi connectivity index (χ0v) is 21.2. The second-order valence-corrected chi connectivity index (χ2v) is 8.36. The predicted molar refractivity (Wildman–Crippen MR) is 145 cm³/mol. The lowest BCUT2D eigenvalue weighted by Crippen LogP contribution is -2.30. The monoisotopic (exact) mass is 529 g/mol. The molecule has 38 heavy (non-hydrogen) atoms. The van der Waals surface area contributed by atoms with E-state index in [1.54, 1.807) is 24.3 Å². The van der Waals surface area contributed by atoms with Crippen molar-refractivity contribution < 1.29 is 22.7 Å². The summed E-state index contributed by atoms with van der Waals surface area (Å²) >= 11 is 0. The van der Waals surface area contributed by atoms with Crippen molar-refractivity contribution in [1.29, 1.82) is 0 Å². The Kier molecular flexibility index (Phi) is 9.47. The number of nitrogens with zero attached hydrogens (tertiary/aromatic N) is 4. The molecule has 202 valence electrons. The van der Waals surface area contributed by atoms with E-state index in [0.29, 0.717) is 17.4 Å². The maximum atomic E-state index is 13.8. The van der Waals surface area contributed by atoms with E-state index in [2.05, 4.69) is 49.1 Å². The van der Waals surface area contributed by atoms with Gasteiger partial charge in [0.1, 0.15) is 11.6 Å². The molecule has 12 heteroatoms. The van der Waals surface area contributed by atoms with E-state index in [-0.39, 0.29) is 17.3 Å². The van der Waals surface area contributed by atoms with Crippen molar-refractivity contribution >= 4 is 41.5 Å². The Hall–Kier alpha value is -4.35. The second-order valence-electron chi connectivity index (χ2n) is 8.36. The van der Waals surface area contributed by atoms with E-state index in [1.165, 1.54) is 19.2 Å². The number of pyridine rings is 1. The Morgan fingerprint density at radius 3 is 2.34 bits per heavy atom. The van der Waals surface area contributed by atoms with Crippen LogP contribution in [0.1, 0.15) is 26.2 Å². The fourth-order valence-electron chi connectivity index (χ4n) is 3.64. The highest BCUT2D eigenvalue weighted by Gasteiger charge is 2.33. The zero-order chi connectivity index (χ0) is 27.7. The summed E-state index contributed by atoms with van der Waals surface area (Å²) in [6.07, 6.45) is -0.429. The molecule has 1 aromatic heterocycles.